The van der Waals surface area contributed by atoms with Crippen LogP contribution in [0.4, 0.5) is 17.3 Å². The van der Waals surface area contributed by atoms with E-state index in [9.17, 15) is 5.26 Å². The average Bonchev–Trinajstić information content (AvgIpc) is 3.34. The van der Waals surface area contributed by atoms with Crippen molar-refractivity contribution in [3.05, 3.63) is 41.2 Å². The number of hydrogen-bond donors (Lipinski definition) is 2. The van der Waals surface area contributed by atoms with Gasteiger partial charge in [-0.05, 0) is 31.9 Å². The van der Waals surface area contributed by atoms with Crippen molar-refractivity contribution in [2.24, 2.45) is 0 Å². The number of nitrogens with zero attached hydrogens (tertiary/aromatic N) is 3. The van der Waals surface area contributed by atoms with Crippen LogP contribution in [0.2, 0.25) is 0 Å². The molecule has 5 heteroatoms. The van der Waals surface area contributed by atoms with Crippen LogP contribution in [-0.4, -0.2) is 17.0 Å². The van der Waals surface area contributed by atoms with Crippen molar-refractivity contribution < 1.29 is 0 Å². The molecule has 21 heavy (non-hydrogen) atoms. The van der Waals surface area contributed by atoms with Gasteiger partial charge in [0.25, 0.3) is 0 Å². The van der Waals surface area contributed by atoms with E-state index in [0.29, 0.717) is 11.5 Å². The van der Waals surface area contributed by atoms with Gasteiger partial charge in [0.15, 0.2) is 0 Å². The van der Waals surface area contributed by atoms with Gasteiger partial charge in [0.2, 0.25) is 0 Å². The number of benzene rings is 1. The molecular weight excluding hydrogens is 262 g/mol. The van der Waals surface area contributed by atoms with Crippen LogP contribution in [0.15, 0.2) is 24.3 Å². The first-order chi connectivity index (χ1) is 10.2. The molecule has 1 heterocycles. The Morgan fingerprint density at radius 2 is 1.90 bits per heavy atom. The van der Waals surface area contributed by atoms with Crippen LogP contribution in [0.3, 0.4) is 0 Å². The fourth-order valence-electron chi connectivity index (χ4n) is 2.24. The standard InChI is InChI=1S/C16H17N5/c1-10-14(18-2)20-16(11-7-8-11)21-15(10)19-13-6-4-3-5-12(13)9-17/h3-6,11H,7-8H2,1-2H3,(H2,18,19,20,21). The summed E-state index contributed by atoms with van der Waals surface area (Å²) in [5, 5.41) is 15.6. The van der Waals surface area contributed by atoms with Gasteiger partial charge in [-0.1, -0.05) is 12.1 Å². The van der Waals surface area contributed by atoms with Crippen LogP contribution in [0.5, 0.6) is 0 Å². The molecule has 0 aliphatic heterocycles. The van der Waals surface area contributed by atoms with E-state index >= 15 is 0 Å². The lowest BCUT2D eigenvalue weighted by Crippen LogP contribution is -2.07. The van der Waals surface area contributed by atoms with Crippen LogP contribution in [-0.2, 0) is 0 Å². The minimum atomic E-state index is 0.476. The number of hydrogen-bond acceptors (Lipinski definition) is 5. The molecule has 1 saturated carbocycles. The topological polar surface area (TPSA) is 73.6 Å². The first kappa shape index (κ1) is 13.4. The minimum Gasteiger partial charge on any atom is -0.373 e. The van der Waals surface area contributed by atoms with Crippen molar-refractivity contribution >= 4 is 17.3 Å². The molecule has 0 atom stereocenters. The third-order valence-corrected chi connectivity index (χ3v) is 3.64. The summed E-state index contributed by atoms with van der Waals surface area (Å²) in [6.45, 7) is 1.97. The smallest absolute Gasteiger partial charge is 0.139 e. The summed E-state index contributed by atoms with van der Waals surface area (Å²) in [4.78, 5) is 9.21. The van der Waals surface area contributed by atoms with Gasteiger partial charge in [0.1, 0.15) is 23.5 Å². The fraction of sp³-hybridized carbons (Fsp3) is 0.312. The summed E-state index contributed by atoms with van der Waals surface area (Å²) >= 11 is 0. The molecule has 0 bridgehead atoms. The van der Waals surface area contributed by atoms with E-state index in [1.807, 2.05) is 32.2 Å². The second-order valence-electron chi connectivity index (χ2n) is 5.21. The summed E-state index contributed by atoms with van der Waals surface area (Å²) in [7, 11) is 1.86. The molecule has 106 valence electrons. The number of rotatable bonds is 4. The van der Waals surface area contributed by atoms with E-state index < -0.39 is 0 Å². The van der Waals surface area contributed by atoms with Crippen molar-refractivity contribution in [1.82, 2.24) is 9.97 Å². The van der Waals surface area contributed by atoms with Crippen LogP contribution in [0, 0.1) is 18.3 Å². The van der Waals surface area contributed by atoms with Crippen molar-refractivity contribution in [3.63, 3.8) is 0 Å². The third-order valence-electron chi connectivity index (χ3n) is 3.64. The minimum absolute atomic E-state index is 0.476. The van der Waals surface area contributed by atoms with Crippen molar-refractivity contribution in [2.45, 2.75) is 25.7 Å². The maximum absolute atomic E-state index is 9.18. The second kappa shape index (κ2) is 5.41. The summed E-state index contributed by atoms with van der Waals surface area (Å²) < 4.78 is 0. The third kappa shape index (κ3) is 2.65. The summed E-state index contributed by atoms with van der Waals surface area (Å²) in [5.74, 6) is 2.95. The van der Waals surface area contributed by atoms with Crippen molar-refractivity contribution in [1.29, 1.82) is 5.26 Å². The molecule has 2 aromatic rings. The first-order valence-corrected chi connectivity index (χ1v) is 7.05. The molecule has 3 rings (SSSR count). The Morgan fingerprint density at radius 1 is 1.19 bits per heavy atom. The Kier molecular flexibility index (Phi) is 3.44. The normalized spacial score (nSPS) is 13.6. The highest BCUT2D eigenvalue weighted by Crippen LogP contribution is 2.39. The Balaban J connectivity index is 2.01. The molecule has 5 nitrogen and oxygen atoms in total. The van der Waals surface area contributed by atoms with E-state index in [0.717, 1.165) is 41.6 Å². The van der Waals surface area contributed by atoms with Gasteiger partial charge in [0, 0.05) is 18.5 Å². The van der Waals surface area contributed by atoms with Gasteiger partial charge >= 0.3 is 0 Å². The Labute approximate surface area is 124 Å². The van der Waals surface area contributed by atoms with Gasteiger partial charge in [-0.25, -0.2) is 9.97 Å². The maximum atomic E-state index is 9.18. The monoisotopic (exact) mass is 279 g/mol. The van der Waals surface area contributed by atoms with E-state index in [2.05, 4.69) is 26.7 Å². The predicted molar refractivity (Wildman–Crippen MR) is 82.7 cm³/mol. The van der Waals surface area contributed by atoms with E-state index in [1.165, 1.54) is 0 Å². The van der Waals surface area contributed by atoms with Gasteiger partial charge in [-0.15, -0.1) is 0 Å². The molecule has 1 aromatic carbocycles. The van der Waals surface area contributed by atoms with Gasteiger partial charge in [-0.2, -0.15) is 5.26 Å². The SMILES string of the molecule is CNc1nc(C2CC2)nc(Nc2ccccc2C#N)c1C. The largest absolute Gasteiger partial charge is 0.373 e. The summed E-state index contributed by atoms with van der Waals surface area (Å²) in [6.07, 6.45) is 2.31. The van der Waals surface area contributed by atoms with Crippen LogP contribution < -0.4 is 10.6 Å². The molecule has 1 aliphatic carbocycles. The Hall–Kier alpha value is -2.61. The zero-order valence-electron chi connectivity index (χ0n) is 12.1. The first-order valence-electron chi connectivity index (χ1n) is 7.05. The molecule has 1 fully saturated rings. The maximum Gasteiger partial charge on any atom is 0.139 e. The van der Waals surface area contributed by atoms with Crippen molar-refractivity contribution in [2.75, 3.05) is 17.7 Å². The quantitative estimate of drug-likeness (QED) is 0.898. The molecule has 0 spiro atoms. The number of nitrogens with one attached hydrogen (secondary N) is 2. The predicted octanol–water partition coefficient (Wildman–Crippen LogP) is 3.32. The molecule has 2 N–H and O–H groups in total. The molecule has 0 amide bonds. The molecule has 0 radical (unpaired) electrons. The zero-order valence-corrected chi connectivity index (χ0v) is 12.1. The number of aromatic nitrogens is 2. The highest BCUT2D eigenvalue weighted by Gasteiger charge is 2.28. The number of anilines is 3. The van der Waals surface area contributed by atoms with E-state index in [1.54, 1.807) is 6.07 Å². The highest BCUT2D eigenvalue weighted by atomic mass is 15.1. The molecule has 0 unspecified atom stereocenters. The van der Waals surface area contributed by atoms with Gasteiger partial charge < -0.3 is 10.6 Å². The lowest BCUT2D eigenvalue weighted by Gasteiger charge is -2.14. The average molecular weight is 279 g/mol. The molecule has 1 aromatic heterocycles. The molecule has 1 aliphatic rings. The van der Waals surface area contributed by atoms with Crippen LogP contribution in [0.25, 0.3) is 0 Å². The zero-order chi connectivity index (χ0) is 14.8. The van der Waals surface area contributed by atoms with Gasteiger partial charge in [0.05, 0.1) is 11.3 Å². The number of nitriles is 1. The Morgan fingerprint density at radius 3 is 2.57 bits per heavy atom. The Bertz CT molecular complexity index is 713. The van der Waals surface area contributed by atoms with Crippen LogP contribution >= 0.6 is 0 Å². The fourth-order valence-corrected chi connectivity index (χ4v) is 2.24. The lowest BCUT2D eigenvalue weighted by molar-refractivity contribution is 0.923. The van der Waals surface area contributed by atoms with Gasteiger partial charge in [-0.3, -0.25) is 0 Å². The van der Waals surface area contributed by atoms with E-state index in [-0.39, 0.29) is 0 Å². The van der Waals surface area contributed by atoms with Crippen molar-refractivity contribution in [3.8, 4) is 6.07 Å². The number of para-hydroxylation sites is 1. The summed E-state index contributed by atoms with van der Waals surface area (Å²) in [6, 6.07) is 9.62. The highest BCUT2D eigenvalue weighted by molar-refractivity contribution is 5.69. The van der Waals surface area contributed by atoms with Crippen LogP contribution in [0.1, 0.15) is 35.7 Å². The lowest BCUT2D eigenvalue weighted by atomic mass is 10.2. The molecular formula is C16H17N5. The van der Waals surface area contributed by atoms with E-state index in [4.69, 9.17) is 0 Å². The summed E-state index contributed by atoms with van der Waals surface area (Å²) in [5.41, 5.74) is 2.33. The molecule has 0 saturated heterocycles. The second-order valence-corrected chi connectivity index (χ2v) is 5.21.